The number of amides is 1. The first kappa shape index (κ1) is 16.2. The van der Waals surface area contributed by atoms with Gasteiger partial charge in [-0.1, -0.05) is 6.07 Å². The van der Waals surface area contributed by atoms with E-state index in [1.54, 1.807) is 12.1 Å². The number of carbonyl (C=O) groups is 2. The Labute approximate surface area is 150 Å². The van der Waals surface area contributed by atoms with Gasteiger partial charge in [0.15, 0.2) is 12.4 Å². The monoisotopic (exact) mass is 437 g/mol. The number of rotatable bonds is 4. The molecule has 0 aromatic heterocycles. The van der Waals surface area contributed by atoms with Crippen molar-refractivity contribution in [2.45, 2.75) is 12.8 Å². The number of fused-ring (bicyclic) bond motifs is 1. The van der Waals surface area contributed by atoms with Crippen LogP contribution >= 0.6 is 31.9 Å². The molecule has 0 fully saturated rings. The number of anilines is 1. The van der Waals surface area contributed by atoms with Crippen LogP contribution in [0.25, 0.3) is 0 Å². The summed E-state index contributed by atoms with van der Waals surface area (Å²) in [6.45, 7) is -0.0492. The van der Waals surface area contributed by atoms with Crippen LogP contribution in [0.4, 0.5) is 5.69 Å². The third kappa shape index (κ3) is 3.64. The zero-order valence-corrected chi connectivity index (χ0v) is 15.2. The summed E-state index contributed by atoms with van der Waals surface area (Å²) in [7, 11) is 0. The molecule has 23 heavy (non-hydrogen) atoms. The summed E-state index contributed by atoms with van der Waals surface area (Å²) in [5.41, 5.74) is 2.35. The Balaban J connectivity index is 1.73. The topological polar surface area (TPSA) is 55.4 Å². The molecule has 1 amide bonds. The summed E-state index contributed by atoms with van der Waals surface area (Å²) in [5.74, 6) is 0.511. The number of para-hydroxylation sites is 1. The van der Waals surface area contributed by atoms with Crippen molar-refractivity contribution >= 4 is 49.2 Å². The van der Waals surface area contributed by atoms with E-state index in [1.165, 1.54) is 0 Å². The van der Waals surface area contributed by atoms with Crippen LogP contribution in [0.1, 0.15) is 22.3 Å². The van der Waals surface area contributed by atoms with E-state index >= 15 is 0 Å². The highest BCUT2D eigenvalue weighted by atomic mass is 79.9. The molecule has 2 aromatic carbocycles. The summed E-state index contributed by atoms with van der Waals surface area (Å²) in [6, 6.07) is 10.9. The molecule has 0 spiro atoms. The highest BCUT2D eigenvalue weighted by Crippen LogP contribution is 2.33. The molecule has 0 radical (unpaired) electrons. The van der Waals surface area contributed by atoms with Crippen LogP contribution in [0.15, 0.2) is 45.3 Å². The first-order valence-corrected chi connectivity index (χ1v) is 8.66. The van der Waals surface area contributed by atoms with Gasteiger partial charge in [-0.15, -0.1) is 0 Å². The Morgan fingerprint density at radius 2 is 1.87 bits per heavy atom. The number of hydrogen-bond donors (Lipinski definition) is 1. The molecule has 0 unspecified atom stereocenters. The lowest BCUT2D eigenvalue weighted by Crippen LogP contribution is -2.20. The summed E-state index contributed by atoms with van der Waals surface area (Å²) in [4.78, 5) is 23.7. The molecule has 1 N–H and O–H groups in total. The van der Waals surface area contributed by atoms with E-state index in [0.717, 1.165) is 20.2 Å². The molecule has 1 aliphatic rings. The predicted octanol–water partition coefficient (Wildman–Crippen LogP) is 4.36. The van der Waals surface area contributed by atoms with Crippen LogP contribution in [-0.4, -0.2) is 18.3 Å². The number of Topliss-reactive ketones (excluding diaryl/α,β-unsaturated/α-hetero) is 1. The second-order valence-electron chi connectivity index (χ2n) is 5.18. The van der Waals surface area contributed by atoms with Gasteiger partial charge in [0.25, 0.3) is 0 Å². The quantitative estimate of drug-likeness (QED) is 0.721. The highest BCUT2D eigenvalue weighted by molar-refractivity contribution is 9.11. The van der Waals surface area contributed by atoms with Crippen LogP contribution in [0, 0.1) is 0 Å². The SMILES string of the molecule is O=C1CCc2cc(C(=O)COc3c(Br)cccc3Br)ccc2N1. The number of ether oxygens (including phenoxy) is 1. The van der Waals surface area contributed by atoms with E-state index in [1.807, 2.05) is 24.3 Å². The summed E-state index contributed by atoms with van der Waals surface area (Å²) in [5, 5.41) is 2.80. The number of nitrogens with one attached hydrogen (secondary N) is 1. The Morgan fingerprint density at radius 1 is 1.13 bits per heavy atom. The maximum absolute atomic E-state index is 12.3. The molecule has 0 saturated heterocycles. The summed E-state index contributed by atoms with van der Waals surface area (Å²) >= 11 is 6.80. The molecule has 0 bridgehead atoms. The average molecular weight is 439 g/mol. The summed E-state index contributed by atoms with van der Waals surface area (Å²) < 4.78 is 7.20. The molecular weight excluding hydrogens is 426 g/mol. The van der Waals surface area contributed by atoms with Gasteiger partial charge < -0.3 is 10.1 Å². The second-order valence-corrected chi connectivity index (χ2v) is 6.89. The van der Waals surface area contributed by atoms with Gasteiger partial charge >= 0.3 is 0 Å². The van der Waals surface area contributed by atoms with E-state index < -0.39 is 0 Å². The smallest absolute Gasteiger partial charge is 0.224 e. The van der Waals surface area contributed by atoms with Crippen molar-refractivity contribution in [1.29, 1.82) is 0 Å². The van der Waals surface area contributed by atoms with Crippen molar-refractivity contribution in [2.24, 2.45) is 0 Å². The van der Waals surface area contributed by atoms with Crippen LogP contribution in [-0.2, 0) is 11.2 Å². The molecule has 118 valence electrons. The van der Waals surface area contributed by atoms with E-state index in [4.69, 9.17) is 4.74 Å². The number of carbonyl (C=O) groups excluding carboxylic acids is 2. The van der Waals surface area contributed by atoms with Gasteiger partial charge in [0.1, 0.15) is 5.75 Å². The van der Waals surface area contributed by atoms with E-state index in [-0.39, 0.29) is 18.3 Å². The van der Waals surface area contributed by atoms with E-state index in [0.29, 0.717) is 24.2 Å². The van der Waals surface area contributed by atoms with E-state index in [9.17, 15) is 9.59 Å². The van der Waals surface area contributed by atoms with Gasteiger partial charge in [-0.2, -0.15) is 0 Å². The Bertz CT molecular complexity index is 769. The normalized spacial score (nSPS) is 13.2. The van der Waals surface area contributed by atoms with Gasteiger partial charge in [-0.3, -0.25) is 9.59 Å². The molecule has 0 aliphatic carbocycles. The molecule has 0 saturated carbocycles. The first-order chi connectivity index (χ1) is 11.0. The Kier molecular flexibility index (Phi) is 4.82. The molecule has 1 aliphatic heterocycles. The lowest BCUT2D eigenvalue weighted by Gasteiger charge is -2.17. The number of aryl methyl sites for hydroxylation is 1. The molecule has 4 nitrogen and oxygen atoms in total. The largest absolute Gasteiger partial charge is 0.483 e. The molecule has 2 aromatic rings. The first-order valence-electron chi connectivity index (χ1n) is 7.07. The van der Waals surface area contributed by atoms with Crippen LogP contribution in [0.3, 0.4) is 0 Å². The zero-order valence-electron chi connectivity index (χ0n) is 12.1. The lowest BCUT2D eigenvalue weighted by atomic mass is 9.99. The van der Waals surface area contributed by atoms with Crippen molar-refractivity contribution in [2.75, 3.05) is 11.9 Å². The fraction of sp³-hybridized carbons (Fsp3) is 0.176. The molecule has 0 atom stereocenters. The van der Waals surface area contributed by atoms with Gasteiger partial charge in [0, 0.05) is 17.7 Å². The van der Waals surface area contributed by atoms with Crippen LogP contribution in [0.5, 0.6) is 5.75 Å². The average Bonchev–Trinajstić information content (AvgIpc) is 2.53. The van der Waals surface area contributed by atoms with Crippen molar-refractivity contribution in [1.82, 2.24) is 0 Å². The van der Waals surface area contributed by atoms with Gasteiger partial charge in [0.05, 0.1) is 8.95 Å². The van der Waals surface area contributed by atoms with Crippen LogP contribution < -0.4 is 10.1 Å². The fourth-order valence-electron chi connectivity index (χ4n) is 2.40. The lowest BCUT2D eigenvalue weighted by molar-refractivity contribution is -0.116. The Hall–Kier alpha value is -1.66. The minimum absolute atomic E-state index is 0.0127. The highest BCUT2D eigenvalue weighted by Gasteiger charge is 2.17. The Morgan fingerprint density at radius 3 is 2.61 bits per heavy atom. The maximum atomic E-state index is 12.3. The minimum atomic E-state index is -0.104. The third-order valence-electron chi connectivity index (χ3n) is 3.59. The molecule has 6 heteroatoms. The van der Waals surface area contributed by atoms with Crippen LogP contribution in [0.2, 0.25) is 0 Å². The number of halogens is 2. The molecule has 3 rings (SSSR count). The summed E-state index contributed by atoms with van der Waals surface area (Å²) in [6.07, 6.45) is 1.10. The second kappa shape index (κ2) is 6.84. The number of hydrogen-bond acceptors (Lipinski definition) is 3. The molecule has 1 heterocycles. The standard InChI is InChI=1S/C17H13Br2NO3/c18-12-2-1-3-13(19)17(12)23-9-15(21)11-4-6-14-10(8-11)5-7-16(22)20-14/h1-4,6,8H,5,7,9H2,(H,20,22). The predicted molar refractivity (Wildman–Crippen MR) is 95.1 cm³/mol. The van der Waals surface area contributed by atoms with Crippen molar-refractivity contribution in [3.8, 4) is 5.75 Å². The fourth-order valence-corrected chi connectivity index (χ4v) is 3.63. The molecular formula is C17H13Br2NO3. The van der Waals surface area contributed by atoms with Gasteiger partial charge in [-0.25, -0.2) is 0 Å². The third-order valence-corrected chi connectivity index (χ3v) is 4.84. The maximum Gasteiger partial charge on any atom is 0.224 e. The number of ketones is 1. The number of benzene rings is 2. The minimum Gasteiger partial charge on any atom is -0.483 e. The van der Waals surface area contributed by atoms with Gasteiger partial charge in [-0.05, 0) is 74.2 Å². The van der Waals surface area contributed by atoms with Crippen molar-refractivity contribution in [3.05, 3.63) is 56.5 Å². The zero-order chi connectivity index (χ0) is 16.4. The van der Waals surface area contributed by atoms with Crippen molar-refractivity contribution in [3.63, 3.8) is 0 Å². The van der Waals surface area contributed by atoms with E-state index in [2.05, 4.69) is 37.2 Å². The van der Waals surface area contributed by atoms with Crippen molar-refractivity contribution < 1.29 is 14.3 Å². The van der Waals surface area contributed by atoms with Gasteiger partial charge in [0.2, 0.25) is 5.91 Å².